The van der Waals surface area contributed by atoms with Crippen LogP contribution >= 0.6 is 24.0 Å². The van der Waals surface area contributed by atoms with Crippen molar-refractivity contribution < 1.29 is 8.91 Å². The van der Waals surface area contributed by atoms with Crippen molar-refractivity contribution in [3.05, 3.63) is 47.4 Å². The summed E-state index contributed by atoms with van der Waals surface area (Å²) in [6, 6.07) is 6.58. The highest BCUT2D eigenvalue weighted by atomic mass is 127. The van der Waals surface area contributed by atoms with Crippen LogP contribution in [0.5, 0.6) is 0 Å². The van der Waals surface area contributed by atoms with Crippen molar-refractivity contribution >= 4 is 29.9 Å². The molecule has 1 aromatic carbocycles. The van der Waals surface area contributed by atoms with E-state index in [-0.39, 0.29) is 29.8 Å². The van der Waals surface area contributed by atoms with Crippen molar-refractivity contribution in [1.29, 1.82) is 0 Å². The fourth-order valence-electron chi connectivity index (χ4n) is 1.91. The van der Waals surface area contributed by atoms with Gasteiger partial charge >= 0.3 is 0 Å². The molecule has 0 saturated heterocycles. The minimum atomic E-state index is -0.218. The molecule has 0 amide bonds. The summed E-state index contributed by atoms with van der Waals surface area (Å²) < 4.78 is 18.1. The molecule has 2 N–H and O–H groups in total. The van der Waals surface area contributed by atoms with E-state index in [1.807, 2.05) is 13.0 Å². The van der Waals surface area contributed by atoms with E-state index < -0.39 is 0 Å². The third-order valence-electron chi connectivity index (χ3n) is 2.88. The molecule has 23 heavy (non-hydrogen) atoms. The lowest BCUT2D eigenvalue weighted by Crippen LogP contribution is -2.38. The van der Waals surface area contributed by atoms with Gasteiger partial charge < -0.3 is 15.2 Å². The zero-order valence-corrected chi connectivity index (χ0v) is 15.5. The van der Waals surface area contributed by atoms with Crippen molar-refractivity contribution in [2.24, 2.45) is 4.99 Å². The maximum atomic E-state index is 13.1. The number of nitrogens with one attached hydrogen (secondary N) is 2. The van der Waals surface area contributed by atoms with E-state index in [9.17, 15) is 4.39 Å². The molecular formula is C15H21FIN5O. The topological polar surface area (TPSA) is 75.3 Å². The van der Waals surface area contributed by atoms with Crippen molar-refractivity contribution in [2.75, 3.05) is 13.1 Å². The molecule has 0 aliphatic carbocycles. The number of hydrogen-bond donors (Lipinski definition) is 2. The monoisotopic (exact) mass is 433 g/mol. The van der Waals surface area contributed by atoms with E-state index in [4.69, 9.17) is 4.52 Å². The van der Waals surface area contributed by atoms with Gasteiger partial charge in [-0.05, 0) is 38.0 Å². The van der Waals surface area contributed by atoms with Gasteiger partial charge in [0.2, 0.25) is 5.89 Å². The van der Waals surface area contributed by atoms with Crippen LogP contribution in [0.2, 0.25) is 0 Å². The second-order valence-corrected chi connectivity index (χ2v) is 4.74. The first kappa shape index (κ1) is 19.3. The van der Waals surface area contributed by atoms with Gasteiger partial charge in [0.1, 0.15) is 12.4 Å². The van der Waals surface area contributed by atoms with Gasteiger partial charge in [0, 0.05) is 13.1 Å². The summed E-state index contributed by atoms with van der Waals surface area (Å²) in [6.07, 6.45) is 0.710. The Labute approximate surface area is 152 Å². The summed E-state index contributed by atoms with van der Waals surface area (Å²) >= 11 is 0. The number of aryl methyl sites for hydroxylation is 1. The third kappa shape index (κ3) is 6.93. The molecule has 0 atom stereocenters. The van der Waals surface area contributed by atoms with Crippen LogP contribution in [0.3, 0.4) is 0 Å². The van der Waals surface area contributed by atoms with Crippen LogP contribution in [0.25, 0.3) is 0 Å². The highest BCUT2D eigenvalue weighted by Gasteiger charge is 2.03. The predicted molar refractivity (Wildman–Crippen MR) is 97.4 cm³/mol. The first-order valence-corrected chi connectivity index (χ1v) is 7.23. The SMILES string of the molecule is CCNC(=NCc1nc(C)no1)NCCc1cccc(F)c1.I. The standard InChI is InChI=1S/C15H20FN5O.HI/c1-3-17-15(19-10-14-20-11(2)21-22-14)18-8-7-12-5-4-6-13(16)9-12;/h4-6,9H,3,7-8,10H2,1-2H3,(H2,17,18,19);1H. The summed E-state index contributed by atoms with van der Waals surface area (Å²) in [5.41, 5.74) is 0.941. The summed E-state index contributed by atoms with van der Waals surface area (Å²) in [5.74, 6) is 1.51. The van der Waals surface area contributed by atoms with Gasteiger partial charge in [-0.15, -0.1) is 24.0 Å². The molecule has 6 nitrogen and oxygen atoms in total. The van der Waals surface area contributed by atoms with Crippen LogP contribution in [0, 0.1) is 12.7 Å². The van der Waals surface area contributed by atoms with Crippen LogP contribution in [-0.2, 0) is 13.0 Å². The molecule has 1 aromatic heterocycles. The quantitative estimate of drug-likeness (QED) is 0.416. The van der Waals surface area contributed by atoms with Gasteiger partial charge in [0.05, 0.1) is 0 Å². The maximum Gasteiger partial charge on any atom is 0.248 e. The Kier molecular flexibility index (Phi) is 8.52. The lowest BCUT2D eigenvalue weighted by Gasteiger charge is -2.10. The summed E-state index contributed by atoms with van der Waals surface area (Å²) in [6.45, 7) is 5.46. The van der Waals surface area contributed by atoms with Gasteiger partial charge in [0.15, 0.2) is 11.8 Å². The molecule has 2 rings (SSSR count). The third-order valence-corrected chi connectivity index (χ3v) is 2.88. The largest absolute Gasteiger partial charge is 0.357 e. The second-order valence-electron chi connectivity index (χ2n) is 4.74. The van der Waals surface area contributed by atoms with E-state index >= 15 is 0 Å². The highest BCUT2D eigenvalue weighted by Crippen LogP contribution is 2.03. The Morgan fingerprint density at radius 3 is 2.83 bits per heavy atom. The van der Waals surface area contributed by atoms with Crippen LogP contribution in [-0.4, -0.2) is 29.2 Å². The maximum absolute atomic E-state index is 13.1. The molecule has 126 valence electrons. The second kappa shape index (κ2) is 10.1. The van der Waals surface area contributed by atoms with E-state index in [2.05, 4.69) is 25.8 Å². The predicted octanol–water partition coefficient (Wildman–Crippen LogP) is 2.43. The van der Waals surface area contributed by atoms with Crippen LogP contribution in [0.1, 0.15) is 24.2 Å². The van der Waals surface area contributed by atoms with Crippen molar-refractivity contribution in [3.8, 4) is 0 Å². The number of nitrogens with zero attached hydrogens (tertiary/aromatic N) is 3. The summed E-state index contributed by atoms with van der Waals surface area (Å²) in [5, 5.41) is 10.0. The van der Waals surface area contributed by atoms with Crippen molar-refractivity contribution in [1.82, 2.24) is 20.8 Å². The van der Waals surface area contributed by atoms with Gasteiger partial charge in [-0.25, -0.2) is 9.38 Å². The summed E-state index contributed by atoms with van der Waals surface area (Å²) in [7, 11) is 0. The number of benzene rings is 1. The zero-order chi connectivity index (χ0) is 15.8. The van der Waals surface area contributed by atoms with Gasteiger partial charge in [-0.2, -0.15) is 4.98 Å². The molecule has 0 fully saturated rings. The van der Waals surface area contributed by atoms with Gasteiger partial charge in [-0.1, -0.05) is 17.3 Å². The molecule has 0 unspecified atom stereocenters. The van der Waals surface area contributed by atoms with E-state index in [1.54, 1.807) is 13.0 Å². The molecule has 0 aliphatic rings. The van der Waals surface area contributed by atoms with E-state index in [1.165, 1.54) is 12.1 Å². The Bertz CT molecular complexity index is 632. The van der Waals surface area contributed by atoms with E-state index in [0.717, 1.165) is 12.1 Å². The van der Waals surface area contributed by atoms with Gasteiger partial charge in [0.25, 0.3) is 0 Å². The van der Waals surface area contributed by atoms with Crippen molar-refractivity contribution in [3.63, 3.8) is 0 Å². The number of aromatic nitrogens is 2. The molecule has 0 radical (unpaired) electrons. The molecular weight excluding hydrogens is 412 g/mol. The van der Waals surface area contributed by atoms with E-state index in [0.29, 0.717) is 37.2 Å². The molecule has 0 aliphatic heterocycles. The van der Waals surface area contributed by atoms with Crippen LogP contribution in [0.4, 0.5) is 4.39 Å². The average Bonchev–Trinajstić information content (AvgIpc) is 2.90. The first-order valence-electron chi connectivity index (χ1n) is 7.23. The normalized spacial score (nSPS) is 11.0. The Morgan fingerprint density at radius 1 is 1.35 bits per heavy atom. The Balaban J connectivity index is 0.00000264. The fraction of sp³-hybridized carbons (Fsp3) is 0.400. The number of guanidine groups is 1. The molecule has 1 heterocycles. The number of hydrogen-bond acceptors (Lipinski definition) is 4. The number of halogens is 2. The zero-order valence-electron chi connectivity index (χ0n) is 13.2. The highest BCUT2D eigenvalue weighted by molar-refractivity contribution is 14.0. The lowest BCUT2D eigenvalue weighted by molar-refractivity contribution is 0.376. The van der Waals surface area contributed by atoms with Crippen LogP contribution in [0.15, 0.2) is 33.8 Å². The molecule has 8 heteroatoms. The average molecular weight is 433 g/mol. The fourth-order valence-corrected chi connectivity index (χ4v) is 1.91. The Hall–Kier alpha value is -1.71. The molecule has 0 bridgehead atoms. The Morgan fingerprint density at radius 2 is 2.17 bits per heavy atom. The molecule has 2 aromatic rings. The minimum absolute atomic E-state index is 0. The first-order chi connectivity index (χ1) is 10.7. The minimum Gasteiger partial charge on any atom is -0.357 e. The molecule has 0 spiro atoms. The number of rotatable bonds is 6. The number of aliphatic imine (C=N–C) groups is 1. The van der Waals surface area contributed by atoms with Gasteiger partial charge in [-0.3, -0.25) is 0 Å². The molecule has 0 saturated carbocycles. The lowest BCUT2D eigenvalue weighted by atomic mass is 10.1. The summed E-state index contributed by atoms with van der Waals surface area (Å²) in [4.78, 5) is 8.47. The smallest absolute Gasteiger partial charge is 0.248 e. The van der Waals surface area contributed by atoms with Crippen molar-refractivity contribution in [2.45, 2.75) is 26.8 Å². The van der Waals surface area contributed by atoms with Crippen LogP contribution < -0.4 is 10.6 Å².